The number of nitrogens with one attached hydrogen (secondary N) is 2. The normalized spacial score (nSPS) is 11.8. The lowest BCUT2D eigenvalue weighted by molar-refractivity contribution is -0.118. The van der Waals surface area contributed by atoms with Crippen molar-refractivity contribution in [3.05, 3.63) is 70.1 Å². The summed E-state index contributed by atoms with van der Waals surface area (Å²) in [4.78, 5) is 41.6. The maximum atomic E-state index is 12.0. The fourth-order valence-electron chi connectivity index (χ4n) is 2.67. The van der Waals surface area contributed by atoms with Gasteiger partial charge in [0.2, 0.25) is 11.3 Å². The number of H-pyrrole nitrogens is 1. The molecule has 126 valence electrons. The number of rotatable bonds is 4. The molecule has 0 aliphatic heterocycles. The van der Waals surface area contributed by atoms with Gasteiger partial charge in [0.1, 0.15) is 5.52 Å². The van der Waals surface area contributed by atoms with E-state index < -0.39 is 17.9 Å². The summed E-state index contributed by atoms with van der Waals surface area (Å²) in [6, 6.07) is 9.37. The third-order valence-electron chi connectivity index (χ3n) is 3.70. The molecular formula is C17H14N4O4. The van der Waals surface area contributed by atoms with Crippen LogP contribution in [0.4, 0.5) is 10.5 Å². The molecule has 2 heterocycles. The second kappa shape index (κ2) is 6.44. The maximum absolute atomic E-state index is 12.0. The van der Waals surface area contributed by atoms with E-state index in [0.717, 1.165) is 0 Å². The Kier molecular flexibility index (Phi) is 4.17. The minimum Gasteiger partial charge on any atom is -0.465 e. The molecule has 8 nitrogen and oxygen atoms in total. The van der Waals surface area contributed by atoms with Crippen LogP contribution in [0.2, 0.25) is 0 Å². The highest BCUT2D eigenvalue weighted by atomic mass is 16.4. The molecule has 0 spiro atoms. The Balaban J connectivity index is 2.09. The van der Waals surface area contributed by atoms with Gasteiger partial charge in [-0.1, -0.05) is 12.1 Å². The molecule has 1 aromatic carbocycles. The summed E-state index contributed by atoms with van der Waals surface area (Å²) < 4.78 is 0. The molecule has 2 aromatic heterocycles. The van der Waals surface area contributed by atoms with E-state index in [1.807, 2.05) is 0 Å². The number of anilines is 1. The van der Waals surface area contributed by atoms with E-state index in [0.29, 0.717) is 22.3 Å². The van der Waals surface area contributed by atoms with Crippen LogP contribution >= 0.6 is 0 Å². The van der Waals surface area contributed by atoms with Gasteiger partial charge >= 0.3 is 6.09 Å². The van der Waals surface area contributed by atoms with E-state index in [1.165, 1.54) is 24.5 Å². The fourth-order valence-corrected chi connectivity index (χ4v) is 2.67. The number of primary amides is 1. The van der Waals surface area contributed by atoms with Crippen molar-refractivity contribution in [2.45, 2.75) is 5.92 Å². The molecule has 0 saturated heterocycles. The van der Waals surface area contributed by atoms with E-state index in [-0.39, 0.29) is 10.9 Å². The third-order valence-corrected chi connectivity index (χ3v) is 3.70. The van der Waals surface area contributed by atoms with Crippen LogP contribution in [0.1, 0.15) is 17.0 Å². The minimum absolute atomic E-state index is 0.233. The number of nitrogens with two attached hydrogens (primary N) is 1. The van der Waals surface area contributed by atoms with Gasteiger partial charge in [-0.25, -0.2) is 4.79 Å². The Bertz CT molecular complexity index is 1030. The van der Waals surface area contributed by atoms with Crippen molar-refractivity contribution >= 4 is 28.7 Å². The zero-order valence-electron chi connectivity index (χ0n) is 12.9. The molecule has 3 aromatic rings. The van der Waals surface area contributed by atoms with Crippen molar-refractivity contribution in [1.82, 2.24) is 9.97 Å². The summed E-state index contributed by atoms with van der Waals surface area (Å²) >= 11 is 0. The van der Waals surface area contributed by atoms with Gasteiger partial charge in [0.05, 0.1) is 11.4 Å². The SMILES string of the molecule is NC(=O)C(c1cccc(NC(=O)O)c1)c1cnc2c(=O)cc[nH]c2c1. The quantitative estimate of drug-likeness (QED) is 0.573. The average molecular weight is 338 g/mol. The van der Waals surface area contributed by atoms with Crippen molar-refractivity contribution in [3.63, 3.8) is 0 Å². The molecule has 0 bridgehead atoms. The lowest BCUT2D eigenvalue weighted by Crippen LogP contribution is -2.23. The van der Waals surface area contributed by atoms with E-state index in [9.17, 15) is 14.4 Å². The smallest absolute Gasteiger partial charge is 0.409 e. The molecule has 0 aliphatic carbocycles. The first-order chi connectivity index (χ1) is 12.0. The first-order valence-electron chi connectivity index (χ1n) is 7.32. The first-order valence-corrected chi connectivity index (χ1v) is 7.32. The Morgan fingerprint density at radius 2 is 2.00 bits per heavy atom. The van der Waals surface area contributed by atoms with Crippen LogP contribution in [0, 0.1) is 0 Å². The molecule has 5 N–H and O–H groups in total. The lowest BCUT2D eigenvalue weighted by atomic mass is 9.91. The number of amides is 2. The fraction of sp³-hybridized carbons (Fsp3) is 0.0588. The van der Waals surface area contributed by atoms with Gasteiger partial charge in [-0.2, -0.15) is 0 Å². The van der Waals surface area contributed by atoms with Crippen molar-refractivity contribution in [2.24, 2.45) is 5.73 Å². The van der Waals surface area contributed by atoms with Crippen molar-refractivity contribution < 1.29 is 14.7 Å². The molecule has 1 atom stereocenters. The number of benzene rings is 1. The highest BCUT2D eigenvalue weighted by molar-refractivity contribution is 5.88. The summed E-state index contributed by atoms with van der Waals surface area (Å²) in [7, 11) is 0. The molecule has 0 radical (unpaired) electrons. The van der Waals surface area contributed by atoms with Crippen LogP contribution < -0.4 is 16.5 Å². The second-order valence-corrected chi connectivity index (χ2v) is 5.40. The van der Waals surface area contributed by atoms with E-state index in [2.05, 4.69) is 15.3 Å². The van der Waals surface area contributed by atoms with Gasteiger partial charge in [-0.05, 0) is 29.3 Å². The van der Waals surface area contributed by atoms with E-state index >= 15 is 0 Å². The van der Waals surface area contributed by atoms with Crippen LogP contribution in [0.5, 0.6) is 0 Å². The number of carbonyl (C=O) groups is 2. The largest absolute Gasteiger partial charge is 0.465 e. The van der Waals surface area contributed by atoms with Crippen molar-refractivity contribution in [1.29, 1.82) is 0 Å². The molecule has 3 rings (SSSR count). The summed E-state index contributed by atoms with van der Waals surface area (Å²) in [6.45, 7) is 0. The van der Waals surface area contributed by atoms with E-state index in [4.69, 9.17) is 10.8 Å². The predicted octanol–water partition coefficient (Wildman–Crippen LogP) is 1.63. The number of hydrogen-bond donors (Lipinski definition) is 4. The lowest BCUT2D eigenvalue weighted by Gasteiger charge is -2.15. The summed E-state index contributed by atoms with van der Waals surface area (Å²) in [6.07, 6.45) is 1.70. The van der Waals surface area contributed by atoms with Crippen LogP contribution in [0.15, 0.2) is 53.6 Å². The zero-order valence-corrected chi connectivity index (χ0v) is 12.9. The number of pyridine rings is 2. The minimum atomic E-state index is -1.21. The van der Waals surface area contributed by atoms with Gasteiger partial charge in [-0.15, -0.1) is 0 Å². The standard InChI is InChI=1S/C17H14N4O4/c18-16(23)14(9-2-1-3-11(6-9)21-17(24)25)10-7-12-15(20-8-10)13(22)4-5-19-12/h1-8,14,21H,(H2,18,23)(H,19,22)(H,24,25). The number of hydrogen-bond acceptors (Lipinski definition) is 4. The second-order valence-electron chi connectivity index (χ2n) is 5.40. The summed E-state index contributed by atoms with van der Waals surface area (Å²) in [5, 5.41) is 11.0. The highest BCUT2D eigenvalue weighted by Crippen LogP contribution is 2.27. The van der Waals surface area contributed by atoms with Crippen LogP contribution in [0.3, 0.4) is 0 Å². The molecular weight excluding hydrogens is 324 g/mol. The monoisotopic (exact) mass is 338 g/mol. The Morgan fingerprint density at radius 3 is 2.72 bits per heavy atom. The van der Waals surface area contributed by atoms with Gasteiger partial charge in [0, 0.05) is 24.1 Å². The number of aromatic amines is 1. The first kappa shape index (κ1) is 16.2. The Morgan fingerprint density at radius 1 is 1.20 bits per heavy atom. The zero-order chi connectivity index (χ0) is 18.0. The van der Waals surface area contributed by atoms with Gasteiger partial charge in [0.25, 0.3) is 0 Å². The van der Waals surface area contributed by atoms with E-state index in [1.54, 1.807) is 24.3 Å². The number of aromatic nitrogens is 2. The van der Waals surface area contributed by atoms with Crippen molar-refractivity contribution in [2.75, 3.05) is 5.32 Å². The molecule has 25 heavy (non-hydrogen) atoms. The van der Waals surface area contributed by atoms with Crippen LogP contribution in [-0.4, -0.2) is 27.1 Å². The Labute approximate surface area is 141 Å². The number of carboxylic acid groups (broad SMARTS) is 1. The summed E-state index contributed by atoms with van der Waals surface area (Å²) in [5.41, 5.74) is 7.39. The molecule has 1 unspecified atom stereocenters. The summed E-state index contributed by atoms with van der Waals surface area (Å²) in [5.74, 6) is -1.46. The molecule has 2 amide bonds. The van der Waals surface area contributed by atoms with Gasteiger partial charge in [-0.3, -0.25) is 19.9 Å². The molecule has 8 heteroatoms. The van der Waals surface area contributed by atoms with Crippen molar-refractivity contribution in [3.8, 4) is 0 Å². The molecule has 0 aliphatic rings. The van der Waals surface area contributed by atoms with Crippen LogP contribution in [0.25, 0.3) is 11.0 Å². The highest BCUT2D eigenvalue weighted by Gasteiger charge is 2.22. The molecule has 0 fully saturated rings. The van der Waals surface area contributed by atoms with Gasteiger partial charge in [0.15, 0.2) is 0 Å². The number of carbonyl (C=O) groups excluding carboxylic acids is 1. The number of fused-ring (bicyclic) bond motifs is 1. The Hall–Kier alpha value is -3.68. The number of nitrogens with zero attached hydrogens (tertiary/aromatic N) is 1. The van der Waals surface area contributed by atoms with Gasteiger partial charge < -0.3 is 15.8 Å². The predicted molar refractivity (Wildman–Crippen MR) is 91.5 cm³/mol. The maximum Gasteiger partial charge on any atom is 0.409 e. The topological polar surface area (TPSA) is 138 Å². The average Bonchev–Trinajstić information content (AvgIpc) is 2.54. The van der Waals surface area contributed by atoms with Crippen LogP contribution in [-0.2, 0) is 4.79 Å². The molecule has 0 saturated carbocycles. The third kappa shape index (κ3) is 3.32.